The van der Waals surface area contributed by atoms with Gasteiger partial charge >= 0.3 is 0 Å². The summed E-state index contributed by atoms with van der Waals surface area (Å²) in [6.07, 6.45) is 0. The van der Waals surface area contributed by atoms with Gasteiger partial charge in [-0.3, -0.25) is 0 Å². The molecule has 0 saturated heterocycles. The molecule has 2 heterocycles. The fourth-order valence-corrected chi connectivity index (χ4v) is 8.88. The molecule has 0 aliphatic heterocycles. The van der Waals surface area contributed by atoms with Crippen LogP contribution in [0.3, 0.4) is 0 Å². The van der Waals surface area contributed by atoms with E-state index in [0.717, 1.165) is 77.5 Å². The van der Waals surface area contributed by atoms with E-state index < -0.39 is 0 Å². The number of hydrogen-bond donors (Lipinski definition) is 0. The van der Waals surface area contributed by atoms with E-state index in [9.17, 15) is 0 Å². The molecule has 12 rings (SSSR count). The van der Waals surface area contributed by atoms with Crippen LogP contribution in [0.2, 0.25) is 0 Å². The lowest BCUT2D eigenvalue weighted by atomic mass is 9.97. The molecule has 10 aromatic carbocycles. The second-order valence-electron chi connectivity index (χ2n) is 14.9. The summed E-state index contributed by atoms with van der Waals surface area (Å²) in [6.45, 7) is 0. The maximum atomic E-state index is 6.53. The number of fused-ring (bicyclic) bond motifs is 11. The smallest absolute Gasteiger partial charge is 0.143 e. The molecule has 0 aliphatic rings. The van der Waals surface area contributed by atoms with Gasteiger partial charge in [0.05, 0.1) is 0 Å². The molecule has 0 unspecified atom stereocenters. The Kier molecular flexibility index (Phi) is 6.93. The van der Waals surface area contributed by atoms with Crippen molar-refractivity contribution < 1.29 is 8.83 Å². The molecule has 266 valence electrons. The fraction of sp³-hybridized carbons (Fsp3) is 0. The third kappa shape index (κ3) is 5.06. The summed E-state index contributed by atoms with van der Waals surface area (Å²) in [5, 5.41) is 11.8. The zero-order chi connectivity index (χ0) is 37.5. The minimum absolute atomic E-state index is 0.878. The third-order valence-electron chi connectivity index (χ3n) is 11.6. The Balaban J connectivity index is 0.969. The summed E-state index contributed by atoms with van der Waals surface area (Å²) < 4.78 is 12.8. The normalized spacial score (nSPS) is 11.9. The lowest BCUT2D eigenvalue weighted by Crippen LogP contribution is -2.09. The predicted octanol–water partition coefficient (Wildman–Crippen LogP) is 15.7. The highest BCUT2D eigenvalue weighted by molar-refractivity contribution is 6.19. The van der Waals surface area contributed by atoms with Gasteiger partial charge in [0, 0.05) is 44.0 Å². The number of para-hydroxylation sites is 1. The van der Waals surface area contributed by atoms with Crippen LogP contribution in [-0.4, -0.2) is 0 Å². The Morgan fingerprint density at radius 3 is 1.70 bits per heavy atom. The SMILES string of the molecule is c1ccc2c(c1)ccc1cc(-c3ccc(N(c4ccc(-c5cccc6oc7c8ccccc8ccc7c56)cc4)c4ccc5oc6ccccc6c5c4)cc3)ccc12. The Morgan fingerprint density at radius 1 is 0.298 bits per heavy atom. The summed E-state index contributed by atoms with van der Waals surface area (Å²) in [5.74, 6) is 0. The number of furan rings is 2. The average Bonchev–Trinajstić information content (AvgIpc) is 3.85. The molecule has 3 heteroatoms. The Hall–Kier alpha value is -7.62. The van der Waals surface area contributed by atoms with Gasteiger partial charge in [0.1, 0.15) is 22.3 Å². The van der Waals surface area contributed by atoms with Crippen molar-refractivity contribution in [2.75, 3.05) is 4.90 Å². The molecule has 0 aliphatic carbocycles. The molecular formula is C54H33NO2. The lowest BCUT2D eigenvalue weighted by Gasteiger charge is -2.26. The van der Waals surface area contributed by atoms with E-state index in [0.29, 0.717) is 0 Å². The molecule has 3 nitrogen and oxygen atoms in total. The predicted molar refractivity (Wildman–Crippen MR) is 239 cm³/mol. The number of benzene rings is 10. The van der Waals surface area contributed by atoms with Crippen LogP contribution in [0.25, 0.3) is 98.4 Å². The fourth-order valence-electron chi connectivity index (χ4n) is 8.88. The van der Waals surface area contributed by atoms with Gasteiger partial charge in [-0.15, -0.1) is 0 Å². The molecule has 0 saturated carbocycles. The lowest BCUT2D eigenvalue weighted by molar-refractivity contribution is 0.669. The Labute approximate surface area is 328 Å². The number of hydrogen-bond acceptors (Lipinski definition) is 3. The van der Waals surface area contributed by atoms with Crippen molar-refractivity contribution in [3.63, 3.8) is 0 Å². The van der Waals surface area contributed by atoms with E-state index in [4.69, 9.17) is 8.83 Å². The number of nitrogens with zero attached hydrogens (tertiary/aromatic N) is 1. The van der Waals surface area contributed by atoms with E-state index in [1.807, 2.05) is 12.1 Å². The van der Waals surface area contributed by atoms with Crippen molar-refractivity contribution in [1.82, 2.24) is 0 Å². The molecule has 0 amide bonds. The highest BCUT2D eigenvalue weighted by Crippen LogP contribution is 2.43. The van der Waals surface area contributed by atoms with Crippen molar-refractivity contribution in [2.45, 2.75) is 0 Å². The van der Waals surface area contributed by atoms with Crippen molar-refractivity contribution >= 4 is 93.3 Å². The maximum Gasteiger partial charge on any atom is 0.143 e. The van der Waals surface area contributed by atoms with E-state index in [1.54, 1.807) is 0 Å². The highest BCUT2D eigenvalue weighted by Gasteiger charge is 2.18. The zero-order valence-electron chi connectivity index (χ0n) is 30.8. The van der Waals surface area contributed by atoms with Crippen molar-refractivity contribution in [1.29, 1.82) is 0 Å². The van der Waals surface area contributed by atoms with E-state index in [-0.39, 0.29) is 0 Å². The van der Waals surface area contributed by atoms with Gasteiger partial charge in [-0.25, -0.2) is 0 Å². The van der Waals surface area contributed by atoms with Crippen LogP contribution in [0.5, 0.6) is 0 Å². The first-order chi connectivity index (χ1) is 28.2. The molecule has 0 radical (unpaired) electrons. The summed E-state index contributed by atoms with van der Waals surface area (Å²) in [6, 6.07) is 71.6. The molecule has 0 fully saturated rings. The second kappa shape index (κ2) is 12.5. The molecule has 57 heavy (non-hydrogen) atoms. The molecular weight excluding hydrogens is 695 g/mol. The van der Waals surface area contributed by atoms with Crippen molar-refractivity contribution in [3.8, 4) is 22.3 Å². The summed E-state index contributed by atoms with van der Waals surface area (Å²) in [7, 11) is 0. The van der Waals surface area contributed by atoms with Crippen LogP contribution in [0.4, 0.5) is 17.1 Å². The molecule has 0 N–H and O–H groups in total. The Bertz CT molecular complexity index is 3520. The number of rotatable bonds is 5. The average molecular weight is 728 g/mol. The first-order valence-corrected chi connectivity index (χ1v) is 19.4. The number of anilines is 3. The van der Waals surface area contributed by atoms with Crippen LogP contribution in [0.15, 0.2) is 209 Å². The van der Waals surface area contributed by atoms with Crippen LogP contribution < -0.4 is 4.90 Å². The molecule has 12 aromatic rings. The minimum atomic E-state index is 0.878. The zero-order valence-corrected chi connectivity index (χ0v) is 30.8. The van der Waals surface area contributed by atoms with Gasteiger partial charge in [-0.05, 0) is 116 Å². The quantitative estimate of drug-likeness (QED) is 0.165. The Morgan fingerprint density at radius 2 is 0.877 bits per heavy atom. The summed E-state index contributed by atoms with van der Waals surface area (Å²) in [5.41, 5.74) is 11.4. The van der Waals surface area contributed by atoms with Crippen molar-refractivity contribution in [2.24, 2.45) is 0 Å². The van der Waals surface area contributed by atoms with Crippen LogP contribution in [0.1, 0.15) is 0 Å². The van der Waals surface area contributed by atoms with Gasteiger partial charge < -0.3 is 13.7 Å². The van der Waals surface area contributed by atoms with E-state index in [2.05, 4.69) is 193 Å². The monoisotopic (exact) mass is 727 g/mol. The topological polar surface area (TPSA) is 29.5 Å². The minimum Gasteiger partial charge on any atom is -0.456 e. The third-order valence-corrected chi connectivity index (χ3v) is 11.6. The van der Waals surface area contributed by atoms with Crippen LogP contribution >= 0.6 is 0 Å². The largest absolute Gasteiger partial charge is 0.456 e. The van der Waals surface area contributed by atoms with Gasteiger partial charge in [-0.2, -0.15) is 0 Å². The van der Waals surface area contributed by atoms with Gasteiger partial charge in [0.25, 0.3) is 0 Å². The molecule has 0 bridgehead atoms. The first-order valence-electron chi connectivity index (χ1n) is 19.4. The maximum absolute atomic E-state index is 6.53. The molecule has 2 aromatic heterocycles. The standard InChI is InChI=1S/C54H33NO2/c1-3-10-43-35(8-1)16-17-39-32-38(23-29-44(39)43)34-18-24-40(25-19-34)55(42-28-31-51-49(33-42)47-12-5-6-14-50(47)56-51)41-26-20-37(21-27-41)45-13-7-15-52-53(45)48-30-22-36-9-2-4-11-46(36)54(48)57-52/h1-33H. The van der Waals surface area contributed by atoms with Crippen molar-refractivity contribution in [3.05, 3.63) is 200 Å². The van der Waals surface area contributed by atoms with Crippen LogP contribution in [-0.2, 0) is 0 Å². The van der Waals surface area contributed by atoms with Gasteiger partial charge in [0.2, 0.25) is 0 Å². The van der Waals surface area contributed by atoms with E-state index >= 15 is 0 Å². The summed E-state index contributed by atoms with van der Waals surface area (Å²) >= 11 is 0. The summed E-state index contributed by atoms with van der Waals surface area (Å²) in [4.78, 5) is 2.33. The second-order valence-corrected chi connectivity index (χ2v) is 14.9. The van der Waals surface area contributed by atoms with Gasteiger partial charge in [0.15, 0.2) is 0 Å². The molecule has 0 atom stereocenters. The van der Waals surface area contributed by atoms with Gasteiger partial charge in [-0.1, -0.05) is 133 Å². The highest BCUT2D eigenvalue weighted by atomic mass is 16.3. The van der Waals surface area contributed by atoms with Crippen LogP contribution in [0, 0.1) is 0 Å². The first kappa shape index (κ1) is 31.7. The molecule has 0 spiro atoms. The van der Waals surface area contributed by atoms with E-state index in [1.165, 1.54) is 38.1 Å².